The van der Waals surface area contributed by atoms with E-state index in [-0.39, 0.29) is 6.03 Å². The Hall–Kier alpha value is -2.05. The first-order valence-electron chi connectivity index (χ1n) is 8.34. The van der Waals surface area contributed by atoms with Gasteiger partial charge in [-0.25, -0.2) is 13.2 Å². The van der Waals surface area contributed by atoms with E-state index >= 15 is 0 Å². The van der Waals surface area contributed by atoms with Crippen LogP contribution in [0.25, 0.3) is 0 Å². The molecule has 2 aromatic rings. The third kappa shape index (κ3) is 7.06. The summed E-state index contributed by atoms with van der Waals surface area (Å²) in [5, 5.41) is 5.51. The van der Waals surface area contributed by atoms with Crippen LogP contribution in [0.2, 0.25) is 5.02 Å². The van der Waals surface area contributed by atoms with Gasteiger partial charge in [0.1, 0.15) is 0 Å². The largest absolute Gasteiger partial charge is 0.334 e. The number of hydrogen-bond acceptors (Lipinski definition) is 3. The van der Waals surface area contributed by atoms with Crippen LogP contribution in [0.3, 0.4) is 0 Å². The fraction of sp³-hybridized carbons (Fsp3) is 0.316. The summed E-state index contributed by atoms with van der Waals surface area (Å²) in [5.74, 6) is 0. The molecule has 0 fully saturated rings. The van der Waals surface area contributed by atoms with Crippen molar-refractivity contribution in [3.8, 4) is 0 Å². The van der Waals surface area contributed by atoms with Crippen molar-refractivity contribution in [3.63, 3.8) is 0 Å². The zero-order valence-corrected chi connectivity index (χ0v) is 17.0. The molecule has 0 aliphatic rings. The van der Waals surface area contributed by atoms with Crippen LogP contribution >= 0.6 is 11.6 Å². The number of benzene rings is 2. The maximum Gasteiger partial charge on any atom is 0.319 e. The molecule has 0 saturated carbocycles. The number of sulfone groups is 1. The van der Waals surface area contributed by atoms with Crippen molar-refractivity contribution in [2.75, 3.05) is 11.6 Å². The second-order valence-corrected chi connectivity index (χ2v) is 8.33. The maximum absolute atomic E-state index is 11.9. The number of carbonyl (C=O) groups excluding carboxylic acids is 1. The molecule has 0 aliphatic carbocycles. The normalized spacial score (nSPS) is 11.7. The molecule has 1 atom stereocenters. The van der Waals surface area contributed by atoms with Gasteiger partial charge in [-0.1, -0.05) is 49.7 Å². The lowest BCUT2D eigenvalue weighted by Gasteiger charge is -2.11. The fourth-order valence-corrected chi connectivity index (χ4v) is 2.82. The summed E-state index contributed by atoms with van der Waals surface area (Å²) in [6.45, 7) is 6.02. The maximum atomic E-state index is 11.9. The van der Waals surface area contributed by atoms with Gasteiger partial charge in [0.25, 0.3) is 0 Å². The first-order chi connectivity index (χ1) is 12.3. The minimum absolute atomic E-state index is 0.339. The van der Waals surface area contributed by atoms with Gasteiger partial charge >= 0.3 is 6.03 Å². The Labute approximate surface area is 160 Å². The van der Waals surface area contributed by atoms with E-state index in [4.69, 9.17) is 11.6 Å². The molecular formula is C19H25ClN2O3S. The van der Waals surface area contributed by atoms with Gasteiger partial charge in [0.05, 0.1) is 5.25 Å². The SMILES string of the molecule is CC.CC(c1ccc(NC(=O)NCc2ccc(Cl)cc2)cc1)S(C)(=O)=O. The lowest BCUT2D eigenvalue weighted by atomic mass is 10.1. The van der Waals surface area contributed by atoms with Crippen LogP contribution in [0.15, 0.2) is 48.5 Å². The van der Waals surface area contributed by atoms with E-state index in [1.807, 2.05) is 26.0 Å². The van der Waals surface area contributed by atoms with Gasteiger partial charge in [-0.3, -0.25) is 0 Å². The Kier molecular flexibility index (Phi) is 8.61. The van der Waals surface area contributed by atoms with Crippen LogP contribution < -0.4 is 10.6 Å². The first kappa shape index (κ1) is 22.0. The van der Waals surface area contributed by atoms with Gasteiger partial charge < -0.3 is 10.6 Å². The molecule has 2 aromatic carbocycles. The van der Waals surface area contributed by atoms with Crippen LogP contribution in [0.5, 0.6) is 0 Å². The van der Waals surface area contributed by atoms with Gasteiger partial charge in [-0.05, 0) is 42.3 Å². The molecule has 1 unspecified atom stereocenters. The molecule has 26 heavy (non-hydrogen) atoms. The Morgan fingerprint density at radius 2 is 1.58 bits per heavy atom. The molecule has 0 heterocycles. The summed E-state index contributed by atoms with van der Waals surface area (Å²) in [6, 6.07) is 13.6. The predicted molar refractivity (Wildman–Crippen MR) is 108 cm³/mol. The molecule has 142 valence electrons. The Balaban J connectivity index is 0.00000163. The zero-order valence-electron chi connectivity index (χ0n) is 15.4. The number of amides is 2. The molecule has 5 nitrogen and oxygen atoms in total. The molecule has 2 rings (SSSR count). The molecule has 0 aromatic heterocycles. The average molecular weight is 397 g/mol. The summed E-state index contributed by atoms with van der Waals surface area (Å²) < 4.78 is 23.1. The number of nitrogens with one attached hydrogen (secondary N) is 2. The topological polar surface area (TPSA) is 75.3 Å². The van der Waals surface area contributed by atoms with E-state index < -0.39 is 15.1 Å². The highest BCUT2D eigenvalue weighted by Gasteiger charge is 2.16. The monoisotopic (exact) mass is 396 g/mol. The molecule has 0 saturated heterocycles. The molecule has 0 spiro atoms. The lowest BCUT2D eigenvalue weighted by Crippen LogP contribution is -2.28. The van der Waals surface area contributed by atoms with Crippen molar-refractivity contribution in [1.29, 1.82) is 0 Å². The summed E-state index contributed by atoms with van der Waals surface area (Å²) in [7, 11) is -3.14. The second-order valence-electron chi connectivity index (χ2n) is 5.53. The van der Waals surface area contributed by atoms with Crippen LogP contribution in [0.4, 0.5) is 10.5 Å². The second kappa shape index (κ2) is 10.2. The molecule has 2 N–H and O–H groups in total. The number of carbonyl (C=O) groups is 1. The van der Waals surface area contributed by atoms with Crippen molar-refractivity contribution in [1.82, 2.24) is 5.32 Å². The lowest BCUT2D eigenvalue weighted by molar-refractivity contribution is 0.251. The third-order valence-corrected chi connectivity index (χ3v) is 5.46. The van der Waals surface area contributed by atoms with Gasteiger partial charge in [-0.2, -0.15) is 0 Å². The van der Waals surface area contributed by atoms with E-state index in [9.17, 15) is 13.2 Å². The smallest absolute Gasteiger partial charge is 0.319 e. The molecule has 0 radical (unpaired) electrons. The van der Waals surface area contributed by atoms with Crippen LogP contribution in [0, 0.1) is 0 Å². The number of rotatable bonds is 5. The van der Waals surface area contributed by atoms with Crippen LogP contribution in [-0.4, -0.2) is 20.7 Å². The van der Waals surface area contributed by atoms with Crippen molar-refractivity contribution in [2.24, 2.45) is 0 Å². The Bertz CT molecular complexity index is 804. The number of urea groups is 1. The predicted octanol–water partition coefficient (Wildman–Crippen LogP) is 4.79. The van der Waals surface area contributed by atoms with Gasteiger partial charge in [0, 0.05) is 23.5 Å². The standard InChI is InChI=1S/C17H19ClN2O3S.C2H6/c1-12(24(2,22)23)14-5-9-16(10-6-14)20-17(21)19-11-13-3-7-15(18)8-4-13;1-2/h3-10,12H,11H2,1-2H3,(H2,19,20,21);1-2H3. The highest BCUT2D eigenvalue weighted by Crippen LogP contribution is 2.22. The number of hydrogen-bond donors (Lipinski definition) is 2. The van der Waals surface area contributed by atoms with Gasteiger partial charge in [-0.15, -0.1) is 0 Å². The van der Waals surface area contributed by atoms with Crippen molar-refractivity contribution in [2.45, 2.75) is 32.6 Å². The van der Waals surface area contributed by atoms with E-state index in [0.29, 0.717) is 22.8 Å². The zero-order chi connectivity index (χ0) is 19.7. The van der Waals surface area contributed by atoms with Crippen molar-refractivity contribution < 1.29 is 13.2 Å². The summed E-state index contributed by atoms with van der Waals surface area (Å²) in [6.07, 6.45) is 1.20. The van der Waals surface area contributed by atoms with Crippen molar-refractivity contribution >= 4 is 33.2 Å². The van der Waals surface area contributed by atoms with Crippen LogP contribution in [-0.2, 0) is 16.4 Å². The quantitative estimate of drug-likeness (QED) is 0.762. The fourth-order valence-electron chi connectivity index (χ4n) is 2.04. The highest BCUT2D eigenvalue weighted by molar-refractivity contribution is 7.90. The molecular weight excluding hydrogens is 372 g/mol. The minimum Gasteiger partial charge on any atom is -0.334 e. The van der Waals surface area contributed by atoms with E-state index in [1.54, 1.807) is 43.3 Å². The van der Waals surface area contributed by atoms with E-state index in [2.05, 4.69) is 10.6 Å². The average Bonchev–Trinajstić information content (AvgIpc) is 2.62. The molecule has 7 heteroatoms. The van der Waals surface area contributed by atoms with E-state index in [0.717, 1.165) is 5.56 Å². The van der Waals surface area contributed by atoms with Crippen LogP contribution in [0.1, 0.15) is 37.1 Å². The number of halogens is 1. The summed E-state index contributed by atoms with van der Waals surface area (Å²) in [4.78, 5) is 11.9. The number of anilines is 1. The highest BCUT2D eigenvalue weighted by atomic mass is 35.5. The molecule has 2 amide bonds. The minimum atomic E-state index is -3.14. The first-order valence-corrected chi connectivity index (χ1v) is 10.7. The summed E-state index contributed by atoms with van der Waals surface area (Å²) in [5.41, 5.74) is 2.21. The summed E-state index contributed by atoms with van der Waals surface area (Å²) >= 11 is 5.81. The van der Waals surface area contributed by atoms with E-state index in [1.165, 1.54) is 6.26 Å². The Morgan fingerprint density at radius 3 is 2.08 bits per heavy atom. The van der Waals surface area contributed by atoms with Gasteiger partial charge in [0.15, 0.2) is 9.84 Å². The Morgan fingerprint density at radius 1 is 1.04 bits per heavy atom. The molecule has 0 aliphatic heterocycles. The van der Waals surface area contributed by atoms with Gasteiger partial charge in [0.2, 0.25) is 0 Å². The van der Waals surface area contributed by atoms with Crippen molar-refractivity contribution in [3.05, 3.63) is 64.7 Å². The third-order valence-electron chi connectivity index (χ3n) is 3.65. The molecule has 0 bridgehead atoms.